The van der Waals surface area contributed by atoms with Gasteiger partial charge in [-0.25, -0.2) is 9.78 Å². The van der Waals surface area contributed by atoms with Gasteiger partial charge >= 0.3 is 5.97 Å². The largest absolute Gasteiger partial charge is 0.461 e. The van der Waals surface area contributed by atoms with Gasteiger partial charge in [-0.15, -0.1) is 0 Å². The third kappa shape index (κ3) is 3.58. The number of aryl methyl sites for hydroxylation is 2. The van der Waals surface area contributed by atoms with Gasteiger partial charge in [-0.2, -0.15) is 0 Å². The van der Waals surface area contributed by atoms with E-state index in [0.29, 0.717) is 12.3 Å². The average molecular weight is 364 g/mol. The van der Waals surface area contributed by atoms with Crippen molar-refractivity contribution in [1.82, 2.24) is 9.97 Å². The Morgan fingerprint density at radius 3 is 2.81 bits per heavy atom. The van der Waals surface area contributed by atoms with Crippen molar-refractivity contribution in [2.75, 3.05) is 6.61 Å². The van der Waals surface area contributed by atoms with Crippen LogP contribution in [0.5, 0.6) is 0 Å². The molecule has 0 saturated heterocycles. The first-order valence-electron chi connectivity index (χ1n) is 10.2. The molecule has 4 rings (SSSR count). The predicted octanol–water partition coefficient (Wildman–Crippen LogP) is 5.71. The Kier molecular flexibility index (Phi) is 5.15. The van der Waals surface area contributed by atoms with Crippen molar-refractivity contribution < 1.29 is 9.53 Å². The van der Waals surface area contributed by atoms with Crippen molar-refractivity contribution in [1.29, 1.82) is 0 Å². The van der Waals surface area contributed by atoms with Gasteiger partial charge in [-0.3, -0.25) is 0 Å². The lowest BCUT2D eigenvalue weighted by atomic mass is 9.85. The monoisotopic (exact) mass is 364 g/mol. The number of carbonyl (C=O) groups is 1. The van der Waals surface area contributed by atoms with Gasteiger partial charge in [0, 0.05) is 16.3 Å². The molecule has 4 heteroatoms. The number of hydrogen-bond acceptors (Lipinski definition) is 3. The molecule has 1 fully saturated rings. The molecule has 27 heavy (non-hydrogen) atoms. The van der Waals surface area contributed by atoms with Gasteiger partial charge in [0.1, 0.15) is 0 Å². The zero-order valence-corrected chi connectivity index (χ0v) is 16.3. The Hall–Kier alpha value is -2.36. The summed E-state index contributed by atoms with van der Waals surface area (Å²) < 4.78 is 5.16. The molecule has 2 heterocycles. The lowest BCUT2D eigenvalue weighted by Crippen LogP contribution is -2.09. The topological polar surface area (TPSA) is 55.0 Å². The highest BCUT2D eigenvalue weighted by Gasteiger charge is 2.18. The van der Waals surface area contributed by atoms with Gasteiger partial charge in [-0.05, 0) is 55.9 Å². The van der Waals surface area contributed by atoms with Crippen molar-refractivity contribution in [2.24, 2.45) is 5.92 Å². The number of aromatic nitrogens is 2. The molecular weight excluding hydrogens is 336 g/mol. The molecule has 0 amide bonds. The van der Waals surface area contributed by atoms with Gasteiger partial charge in [0.25, 0.3) is 0 Å². The Bertz CT molecular complexity index is 967. The summed E-state index contributed by atoms with van der Waals surface area (Å²) in [6.45, 7) is 4.14. The highest BCUT2D eigenvalue weighted by atomic mass is 16.5. The maximum Gasteiger partial charge on any atom is 0.357 e. The van der Waals surface area contributed by atoms with Crippen LogP contribution in [0.2, 0.25) is 0 Å². The zero-order chi connectivity index (χ0) is 18.8. The van der Waals surface area contributed by atoms with Crippen LogP contribution in [0.3, 0.4) is 0 Å². The zero-order valence-electron chi connectivity index (χ0n) is 16.3. The third-order valence-electron chi connectivity index (χ3n) is 5.98. The number of rotatable bonds is 5. The molecule has 0 bridgehead atoms. The first kappa shape index (κ1) is 18.0. The molecule has 1 aromatic carbocycles. The van der Waals surface area contributed by atoms with Gasteiger partial charge in [0.15, 0.2) is 5.69 Å². The maximum atomic E-state index is 12.2. The molecule has 1 aliphatic carbocycles. The number of benzene rings is 1. The van der Waals surface area contributed by atoms with Crippen molar-refractivity contribution in [3.05, 3.63) is 41.2 Å². The second kappa shape index (κ2) is 7.71. The number of nitrogens with zero attached hydrogens (tertiary/aromatic N) is 1. The molecule has 3 aromatic rings. The summed E-state index contributed by atoms with van der Waals surface area (Å²) in [5.74, 6) is 0.540. The Labute approximate surface area is 160 Å². The molecule has 2 aromatic heterocycles. The van der Waals surface area contributed by atoms with Crippen LogP contribution in [0.25, 0.3) is 21.8 Å². The second-order valence-electron chi connectivity index (χ2n) is 7.79. The Balaban J connectivity index is 1.67. The van der Waals surface area contributed by atoms with Crippen molar-refractivity contribution >= 4 is 27.8 Å². The van der Waals surface area contributed by atoms with Crippen molar-refractivity contribution in [3.8, 4) is 0 Å². The van der Waals surface area contributed by atoms with Crippen LogP contribution in [0, 0.1) is 12.8 Å². The van der Waals surface area contributed by atoms with Crippen molar-refractivity contribution in [2.45, 2.75) is 58.8 Å². The number of H-pyrrole nitrogens is 1. The normalized spacial score (nSPS) is 15.5. The number of fused-ring (bicyclic) bond motifs is 3. The number of ether oxygens (including phenoxy) is 1. The van der Waals surface area contributed by atoms with Gasteiger partial charge in [0.2, 0.25) is 0 Å². The number of esters is 1. The Morgan fingerprint density at radius 1 is 1.22 bits per heavy atom. The summed E-state index contributed by atoms with van der Waals surface area (Å²) >= 11 is 0. The summed E-state index contributed by atoms with van der Waals surface area (Å²) in [6.07, 6.45) is 11.1. The van der Waals surface area contributed by atoms with Gasteiger partial charge in [-0.1, -0.05) is 38.2 Å². The van der Waals surface area contributed by atoms with Crippen LogP contribution < -0.4 is 0 Å². The standard InChI is InChI=1S/C23H28N2O2/c1-3-27-23(26)22-15(2)21-18-13-17(10-9-16-7-5-4-6-8-16)11-12-19(18)25-20(21)14-24-22/h11-14,16,25H,3-10H2,1-2H3. The van der Waals surface area contributed by atoms with Crippen molar-refractivity contribution in [3.63, 3.8) is 0 Å². The van der Waals surface area contributed by atoms with E-state index in [1.54, 1.807) is 6.20 Å². The van der Waals surface area contributed by atoms with E-state index in [9.17, 15) is 4.79 Å². The molecular formula is C23H28N2O2. The first-order valence-corrected chi connectivity index (χ1v) is 10.2. The molecule has 0 spiro atoms. The highest BCUT2D eigenvalue weighted by Crippen LogP contribution is 2.32. The van der Waals surface area contributed by atoms with E-state index in [1.807, 2.05) is 13.8 Å². The summed E-state index contributed by atoms with van der Waals surface area (Å²) in [5, 5.41) is 2.26. The van der Waals surface area contributed by atoms with E-state index >= 15 is 0 Å². The quantitative estimate of drug-likeness (QED) is 0.590. The maximum absolute atomic E-state index is 12.2. The average Bonchev–Trinajstić information content (AvgIpc) is 3.06. The minimum absolute atomic E-state index is 0.347. The summed E-state index contributed by atoms with van der Waals surface area (Å²) in [5.41, 5.74) is 4.75. The van der Waals surface area contributed by atoms with E-state index in [0.717, 1.165) is 34.3 Å². The molecule has 0 unspecified atom stereocenters. The van der Waals surface area contributed by atoms with E-state index in [4.69, 9.17) is 4.74 Å². The van der Waals surface area contributed by atoms with E-state index < -0.39 is 0 Å². The number of pyridine rings is 1. The summed E-state index contributed by atoms with van der Waals surface area (Å²) in [7, 11) is 0. The van der Waals surface area contributed by atoms with Crippen LogP contribution in [-0.4, -0.2) is 22.5 Å². The van der Waals surface area contributed by atoms with Crippen LogP contribution in [-0.2, 0) is 11.2 Å². The number of aromatic amines is 1. The number of hydrogen-bond donors (Lipinski definition) is 1. The van der Waals surface area contributed by atoms with E-state index in [-0.39, 0.29) is 5.97 Å². The molecule has 0 atom stereocenters. The van der Waals surface area contributed by atoms with Crippen LogP contribution in [0.15, 0.2) is 24.4 Å². The Morgan fingerprint density at radius 2 is 2.04 bits per heavy atom. The molecule has 1 saturated carbocycles. The van der Waals surface area contributed by atoms with Gasteiger partial charge < -0.3 is 9.72 Å². The fourth-order valence-corrected chi connectivity index (χ4v) is 4.51. The minimum atomic E-state index is -0.347. The second-order valence-corrected chi connectivity index (χ2v) is 7.79. The first-order chi connectivity index (χ1) is 13.2. The third-order valence-corrected chi connectivity index (χ3v) is 5.98. The summed E-state index contributed by atoms with van der Waals surface area (Å²) in [4.78, 5) is 20.0. The number of nitrogens with one attached hydrogen (secondary N) is 1. The van der Waals surface area contributed by atoms with Crippen LogP contribution in [0.1, 0.15) is 67.1 Å². The lowest BCUT2D eigenvalue weighted by molar-refractivity contribution is 0.0519. The molecule has 1 aliphatic rings. The number of carbonyl (C=O) groups excluding carboxylic acids is 1. The molecule has 0 aliphatic heterocycles. The van der Waals surface area contributed by atoms with Gasteiger partial charge in [0.05, 0.1) is 18.3 Å². The molecule has 4 nitrogen and oxygen atoms in total. The molecule has 142 valence electrons. The van der Waals surface area contributed by atoms with Crippen LogP contribution >= 0.6 is 0 Å². The van der Waals surface area contributed by atoms with Crippen LogP contribution in [0.4, 0.5) is 0 Å². The minimum Gasteiger partial charge on any atom is -0.461 e. The predicted molar refractivity (Wildman–Crippen MR) is 109 cm³/mol. The van der Waals surface area contributed by atoms with E-state index in [2.05, 4.69) is 28.2 Å². The van der Waals surface area contributed by atoms with E-state index in [1.165, 1.54) is 49.5 Å². The molecule has 0 radical (unpaired) electrons. The fourth-order valence-electron chi connectivity index (χ4n) is 4.51. The smallest absolute Gasteiger partial charge is 0.357 e. The fraction of sp³-hybridized carbons (Fsp3) is 0.478. The summed E-state index contributed by atoms with van der Waals surface area (Å²) in [6, 6.07) is 6.68. The highest BCUT2D eigenvalue weighted by molar-refractivity contribution is 6.11. The SMILES string of the molecule is CCOC(=O)c1ncc2[nH]c3ccc(CCC4CCCCC4)cc3c2c1C. The lowest BCUT2D eigenvalue weighted by Gasteiger charge is -2.21. The molecule has 1 N–H and O–H groups in total.